The van der Waals surface area contributed by atoms with E-state index in [4.69, 9.17) is 9.73 Å². The van der Waals surface area contributed by atoms with E-state index >= 15 is 0 Å². The molecule has 4 nitrogen and oxygen atoms in total. The topological polar surface area (TPSA) is 62.0 Å². The van der Waals surface area contributed by atoms with Gasteiger partial charge in [0.2, 0.25) is 0 Å². The Kier molecular flexibility index (Phi) is 6.27. The molecular formula is C20H31NO3. The van der Waals surface area contributed by atoms with Crippen LogP contribution in [0.25, 0.3) is 0 Å². The van der Waals surface area contributed by atoms with Crippen molar-refractivity contribution in [3.63, 3.8) is 0 Å². The van der Waals surface area contributed by atoms with Gasteiger partial charge in [0, 0.05) is 6.42 Å². The maximum atomic E-state index is 10.6. The summed E-state index contributed by atoms with van der Waals surface area (Å²) in [4.78, 5) is 4.70. The van der Waals surface area contributed by atoms with Crippen LogP contribution in [0.4, 0.5) is 0 Å². The van der Waals surface area contributed by atoms with Crippen LogP contribution in [-0.4, -0.2) is 34.2 Å². The van der Waals surface area contributed by atoms with Crippen molar-refractivity contribution in [1.82, 2.24) is 0 Å². The molecule has 0 fully saturated rings. The van der Waals surface area contributed by atoms with Gasteiger partial charge in [0.1, 0.15) is 17.1 Å². The number of hydrogen-bond donors (Lipinski definition) is 2. The lowest BCUT2D eigenvalue weighted by molar-refractivity contribution is 0.110. The van der Waals surface area contributed by atoms with Crippen LogP contribution < -0.4 is 4.74 Å². The number of nitrogens with zero attached hydrogens (tertiary/aromatic N) is 1. The van der Waals surface area contributed by atoms with Crippen molar-refractivity contribution in [2.45, 2.75) is 77.9 Å². The van der Waals surface area contributed by atoms with Crippen molar-refractivity contribution < 1.29 is 14.9 Å². The summed E-state index contributed by atoms with van der Waals surface area (Å²) in [5.41, 5.74) is 2.26. The average molecular weight is 333 g/mol. The van der Waals surface area contributed by atoms with E-state index in [1.54, 1.807) is 0 Å². The molecule has 0 aromatic heterocycles. The summed E-state index contributed by atoms with van der Waals surface area (Å²) >= 11 is 0. The summed E-state index contributed by atoms with van der Waals surface area (Å²) in [6.45, 7) is 8.28. The smallest absolute Gasteiger partial charge is 0.133 e. The molecular weight excluding hydrogens is 302 g/mol. The molecule has 1 atom stereocenters. The number of aliphatic hydroxyl groups is 1. The molecule has 24 heavy (non-hydrogen) atoms. The van der Waals surface area contributed by atoms with Crippen LogP contribution in [0.15, 0.2) is 17.1 Å². The van der Waals surface area contributed by atoms with Gasteiger partial charge in [-0.25, -0.2) is 0 Å². The molecule has 1 aromatic rings. The van der Waals surface area contributed by atoms with Crippen LogP contribution in [0.5, 0.6) is 11.5 Å². The second-order valence-electron chi connectivity index (χ2n) is 7.30. The van der Waals surface area contributed by atoms with Gasteiger partial charge in [0.05, 0.1) is 23.9 Å². The third-order valence-corrected chi connectivity index (χ3v) is 4.50. The zero-order chi connectivity index (χ0) is 17.7. The lowest BCUT2D eigenvalue weighted by atomic mass is 9.90. The van der Waals surface area contributed by atoms with E-state index in [2.05, 4.69) is 6.92 Å². The number of phenols is 1. The standard InChI is InChI=1S/C20H31NO3/c1-5-7-8-9-14-10-17(23)19-16(21-15(6-2)13-22)12-20(3,4)24-18(19)11-14/h10-11,15,22-23H,5-9,12-13H2,1-4H3. The molecule has 0 bridgehead atoms. The maximum Gasteiger partial charge on any atom is 0.133 e. The fraction of sp³-hybridized carbons (Fsp3) is 0.650. The highest BCUT2D eigenvalue weighted by atomic mass is 16.5. The second-order valence-corrected chi connectivity index (χ2v) is 7.30. The lowest BCUT2D eigenvalue weighted by Crippen LogP contribution is -2.37. The Morgan fingerprint density at radius 3 is 2.62 bits per heavy atom. The van der Waals surface area contributed by atoms with Crippen molar-refractivity contribution in [1.29, 1.82) is 0 Å². The first-order valence-electron chi connectivity index (χ1n) is 9.13. The Bertz CT molecular complexity index is 589. The third kappa shape index (κ3) is 4.50. The van der Waals surface area contributed by atoms with E-state index < -0.39 is 0 Å². The number of fused-ring (bicyclic) bond motifs is 1. The van der Waals surface area contributed by atoms with Crippen molar-refractivity contribution in [3.8, 4) is 11.5 Å². The Labute approximate surface area is 145 Å². The number of unbranched alkanes of at least 4 members (excludes halogenated alkanes) is 2. The lowest BCUT2D eigenvalue weighted by Gasteiger charge is -2.34. The summed E-state index contributed by atoms with van der Waals surface area (Å²) in [6.07, 6.45) is 5.81. The molecule has 0 saturated heterocycles. The Morgan fingerprint density at radius 1 is 1.25 bits per heavy atom. The first kappa shape index (κ1) is 18.8. The van der Waals surface area contributed by atoms with E-state index in [0.29, 0.717) is 17.7 Å². The molecule has 2 rings (SSSR count). The summed E-state index contributed by atoms with van der Waals surface area (Å²) in [7, 11) is 0. The maximum absolute atomic E-state index is 10.6. The van der Waals surface area contributed by atoms with Crippen LogP contribution in [0.2, 0.25) is 0 Å². The molecule has 1 aromatic carbocycles. The van der Waals surface area contributed by atoms with Crippen molar-refractivity contribution >= 4 is 5.71 Å². The van der Waals surface area contributed by atoms with Crippen LogP contribution >= 0.6 is 0 Å². The average Bonchev–Trinajstić information content (AvgIpc) is 2.51. The highest BCUT2D eigenvalue weighted by Gasteiger charge is 2.33. The number of phenolic OH excluding ortho intramolecular Hbond substituents is 1. The van der Waals surface area contributed by atoms with Crippen molar-refractivity contribution in [3.05, 3.63) is 23.3 Å². The van der Waals surface area contributed by atoms with Crippen LogP contribution in [0, 0.1) is 0 Å². The minimum atomic E-state index is -0.367. The zero-order valence-corrected chi connectivity index (χ0v) is 15.4. The largest absolute Gasteiger partial charge is 0.507 e. The van der Waals surface area contributed by atoms with Gasteiger partial charge in [-0.05, 0) is 50.8 Å². The Hall–Kier alpha value is -1.55. The molecule has 1 aliphatic heterocycles. The second kappa shape index (κ2) is 8.02. The molecule has 0 spiro atoms. The van der Waals surface area contributed by atoms with E-state index in [0.717, 1.165) is 30.5 Å². The van der Waals surface area contributed by atoms with E-state index in [1.807, 2.05) is 32.9 Å². The summed E-state index contributed by atoms with van der Waals surface area (Å²) in [6, 6.07) is 3.75. The van der Waals surface area contributed by atoms with Gasteiger partial charge in [-0.2, -0.15) is 0 Å². The summed E-state index contributed by atoms with van der Waals surface area (Å²) < 4.78 is 6.12. The van der Waals surface area contributed by atoms with Gasteiger partial charge in [-0.3, -0.25) is 4.99 Å². The number of hydrogen-bond acceptors (Lipinski definition) is 4. The van der Waals surface area contributed by atoms with E-state index in [-0.39, 0.29) is 24.0 Å². The van der Waals surface area contributed by atoms with Gasteiger partial charge >= 0.3 is 0 Å². The molecule has 4 heteroatoms. The highest BCUT2D eigenvalue weighted by Crippen LogP contribution is 2.40. The molecule has 2 N–H and O–H groups in total. The fourth-order valence-electron chi connectivity index (χ4n) is 3.17. The molecule has 0 amide bonds. The van der Waals surface area contributed by atoms with Crippen molar-refractivity contribution in [2.75, 3.05) is 6.61 Å². The number of aryl methyl sites for hydroxylation is 1. The Balaban J connectivity index is 2.40. The van der Waals surface area contributed by atoms with Crippen molar-refractivity contribution in [2.24, 2.45) is 4.99 Å². The summed E-state index contributed by atoms with van der Waals surface area (Å²) in [5.74, 6) is 0.949. The predicted molar refractivity (Wildman–Crippen MR) is 98.4 cm³/mol. The number of rotatable bonds is 7. The molecule has 1 heterocycles. The summed E-state index contributed by atoms with van der Waals surface area (Å²) in [5, 5.41) is 20.0. The van der Waals surface area contributed by atoms with Crippen LogP contribution in [0.1, 0.15) is 70.9 Å². The third-order valence-electron chi connectivity index (χ3n) is 4.50. The van der Waals surface area contributed by atoms with E-state index in [1.165, 1.54) is 12.8 Å². The Morgan fingerprint density at radius 2 is 2.00 bits per heavy atom. The minimum absolute atomic E-state index is 0.0203. The molecule has 1 unspecified atom stereocenters. The highest BCUT2D eigenvalue weighted by molar-refractivity contribution is 6.06. The number of aliphatic hydroxyl groups excluding tert-OH is 1. The number of benzene rings is 1. The molecule has 0 aliphatic carbocycles. The van der Waals surface area contributed by atoms with Crippen LogP contribution in [0.3, 0.4) is 0 Å². The number of aliphatic imine (C=N–C) groups is 1. The quantitative estimate of drug-likeness (QED) is 0.733. The number of ether oxygens (including phenoxy) is 1. The first-order valence-corrected chi connectivity index (χ1v) is 9.13. The molecule has 134 valence electrons. The zero-order valence-electron chi connectivity index (χ0n) is 15.4. The normalized spacial score (nSPS) is 19.0. The molecule has 0 saturated carbocycles. The predicted octanol–water partition coefficient (Wildman–Crippen LogP) is 4.25. The minimum Gasteiger partial charge on any atom is -0.507 e. The first-order chi connectivity index (χ1) is 11.4. The molecule has 1 aliphatic rings. The van der Waals surface area contributed by atoms with Gasteiger partial charge in [-0.15, -0.1) is 0 Å². The van der Waals surface area contributed by atoms with Gasteiger partial charge < -0.3 is 14.9 Å². The molecule has 0 radical (unpaired) electrons. The van der Waals surface area contributed by atoms with Gasteiger partial charge in [-0.1, -0.05) is 26.7 Å². The van der Waals surface area contributed by atoms with Gasteiger partial charge in [0.15, 0.2) is 0 Å². The monoisotopic (exact) mass is 333 g/mol. The van der Waals surface area contributed by atoms with Crippen LogP contribution in [-0.2, 0) is 6.42 Å². The van der Waals surface area contributed by atoms with E-state index in [9.17, 15) is 10.2 Å². The van der Waals surface area contributed by atoms with Gasteiger partial charge in [0.25, 0.3) is 0 Å². The number of aromatic hydroxyl groups is 1. The fourth-order valence-corrected chi connectivity index (χ4v) is 3.17. The SMILES string of the molecule is CCCCCc1cc(O)c2c(c1)OC(C)(C)CC2=NC(CC)CO.